The Hall–Kier alpha value is -1.77. The Balaban J connectivity index is 1.55. The molecule has 1 aliphatic carbocycles. The van der Waals surface area contributed by atoms with Crippen LogP contribution in [-0.4, -0.2) is 24.1 Å². The van der Waals surface area contributed by atoms with Crippen LogP contribution in [0.5, 0.6) is 0 Å². The Morgan fingerprint density at radius 2 is 1.84 bits per heavy atom. The Morgan fingerprint density at radius 1 is 1.21 bits per heavy atom. The van der Waals surface area contributed by atoms with Gasteiger partial charge in [0, 0.05) is 13.1 Å². The summed E-state index contributed by atoms with van der Waals surface area (Å²) in [5.74, 6) is 0.978. The molecule has 0 aromatic heterocycles. The largest absolute Gasteiger partial charge is 0.445 e. The second kappa shape index (κ2) is 5.08. The molecule has 19 heavy (non-hydrogen) atoms. The lowest BCUT2D eigenvalue weighted by Crippen LogP contribution is -2.41. The fraction of sp³-hybridized carbons (Fsp3) is 0.438. The molecule has 0 radical (unpaired) electrons. The van der Waals surface area contributed by atoms with Gasteiger partial charge in [0.05, 0.1) is 0 Å². The van der Waals surface area contributed by atoms with Crippen LogP contribution in [-0.2, 0) is 11.3 Å². The van der Waals surface area contributed by atoms with Gasteiger partial charge in [-0.1, -0.05) is 42.5 Å². The van der Waals surface area contributed by atoms with Crippen molar-refractivity contribution in [3.05, 3.63) is 48.0 Å². The fourth-order valence-corrected chi connectivity index (χ4v) is 3.09. The fourth-order valence-electron chi connectivity index (χ4n) is 3.09. The van der Waals surface area contributed by atoms with Gasteiger partial charge < -0.3 is 9.64 Å². The molecule has 0 N–H and O–H groups in total. The molecule has 2 unspecified atom stereocenters. The normalized spacial score (nSPS) is 25.5. The third-order valence-corrected chi connectivity index (χ3v) is 4.26. The molecule has 100 valence electrons. The first-order valence-electron chi connectivity index (χ1n) is 6.88. The van der Waals surface area contributed by atoms with E-state index in [1.165, 1.54) is 18.4 Å². The molecule has 1 heterocycles. The SMILES string of the molecule is C=C1C2CCC1CN(C(=O)OCc1ccccc1)C2. The van der Waals surface area contributed by atoms with Gasteiger partial charge in [0.15, 0.2) is 0 Å². The van der Waals surface area contributed by atoms with Crippen molar-refractivity contribution in [1.29, 1.82) is 0 Å². The van der Waals surface area contributed by atoms with Gasteiger partial charge in [0.25, 0.3) is 0 Å². The lowest BCUT2D eigenvalue weighted by Gasteiger charge is -2.32. The highest BCUT2D eigenvalue weighted by Crippen LogP contribution is 2.40. The van der Waals surface area contributed by atoms with Gasteiger partial charge in [-0.3, -0.25) is 0 Å². The molecule has 3 nitrogen and oxygen atoms in total. The van der Waals surface area contributed by atoms with E-state index in [-0.39, 0.29) is 6.09 Å². The van der Waals surface area contributed by atoms with Crippen LogP contribution in [0.4, 0.5) is 4.79 Å². The second-order valence-corrected chi connectivity index (χ2v) is 5.49. The number of nitrogens with zero attached hydrogens (tertiary/aromatic N) is 1. The van der Waals surface area contributed by atoms with E-state index in [0.29, 0.717) is 18.4 Å². The van der Waals surface area contributed by atoms with E-state index in [4.69, 9.17) is 4.74 Å². The average molecular weight is 257 g/mol. The summed E-state index contributed by atoms with van der Waals surface area (Å²) in [6, 6.07) is 9.80. The molecule has 1 amide bonds. The highest BCUT2D eigenvalue weighted by molar-refractivity contribution is 5.68. The Kier molecular flexibility index (Phi) is 3.28. The number of carbonyl (C=O) groups is 1. The van der Waals surface area contributed by atoms with Crippen LogP contribution < -0.4 is 0 Å². The van der Waals surface area contributed by atoms with Crippen molar-refractivity contribution in [2.75, 3.05) is 13.1 Å². The molecular formula is C16H19NO2. The molecule has 1 aromatic rings. The van der Waals surface area contributed by atoms with Crippen molar-refractivity contribution in [1.82, 2.24) is 4.90 Å². The maximum Gasteiger partial charge on any atom is 0.410 e. The molecule has 0 spiro atoms. The first-order valence-corrected chi connectivity index (χ1v) is 6.88. The van der Waals surface area contributed by atoms with Crippen molar-refractivity contribution in [3.8, 4) is 0 Å². The number of piperidine rings is 1. The highest BCUT2D eigenvalue weighted by atomic mass is 16.6. The van der Waals surface area contributed by atoms with Crippen LogP contribution >= 0.6 is 0 Å². The Morgan fingerprint density at radius 3 is 2.47 bits per heavy atom. The van der Waals surface area contributed by atoms with Gasteiger partial charge in [-0.15, -0.1) is 0 Å². The van der Waals surface area contributed by atoms with Crippen LogP contribution in [0.25, 0.3) is 0 Å². The minimum Gasteiger partial charge on any atom is -0.445 e. The summed E-state index contributed by atoms with van der Waals surface area (Å²) < 4.78 is 5.38. The minimum absolute atomic E-state index is 0.187. The van der Waals surface area contributed by atoms with Crippen molar-refractivity contribution in [3.63, 3.8) is 0 Å². The zero-order chi connectivity index (χ0) is 13.2. The number of rotatable bonds is 2. The lowest BCUT2D eigenvalue weighted by atomic mass is 9.94. The molecule has 2 aliphatic rings. The van der Waals surface area contributed by atoms with Crippen molar-refractivity contribution < 1.29 is 9.53 Å². The third kappa shape index (κ3) is 2.50. The molecule has 1 aromatic carbocycles. The number of hydrogen-bond acceptors (Lipinski definition) is 2. The van der Waals surface area contributed by atoms with E-state index in [2.05, 4.69) is 6.58 Å². The summed E-state index contributed by atoms with van der Waals surface area (Å²) in [7, 11) is 0. The Bertz CT molecular complexity index is 467. The maximum absolute atomic E-state index is 12.1. The maximum atomic E-state index is 12.1. The highest BCUT2D eigenvalue weighted by Gasteiger charge is 2.38. The van der Waals surface area contributed by atoms with Gasteiger partial charge in [-0.05, 0) is 30.2 Å². The van der Waals surface area contributed by atoms with E-state index in [9.17, 15) is 4.79 Å². The zero-order valence-corrected chi connectivity index (χ0v) is 11.0. The van der Waals surface area contributed by atoms with Gasteiger partial charge in [-0.2, -0.15) is 0 Å². The van der Waals surface area contributed by atoms with Gasteiger partial charge in [-0.25, -0.2) is 4.79 Å². The number of ether oxygens (including phenoxy) is 1. The topological polar surface area (TPSA) is 29.5 Å². The number of carbonyl (C=O) groups excluding carboxylic acids is 1. The van der Waals surface area contributed by atoms with Crippen molar-refractivity contribution in [2.45, 2.75) is 19.4 Å². The van der Waals surface area contributed by atoms with E-state index in [0.717, 1.165) is 18.7 Å². The number of fused-ring (bicyclic) bond motifs is 2. The molecular weight excluding hydrogens is 238 g/mol. The first kappa shape index (κ1) is 12.3. The zero-order valence-electron chi connectivity index (χ0n) is 11.0. The predicted molar refractivity (Wildman–Crippen MR) is 73.6 cm³/mol. The van der Waals surface area contributed by atoms with E-state index < -0.39 is 0 Å². The summed E-state index contributed by atoms with van der Waals surface area (Å²) in [5, 5.41) is 0. The van der Waals surface area contributed by atoms with Crippen molar-refractivity contribution in [2.24, 2.45) is 11.8 Å². The summed E-state index contributed by atoms with van der Waals surface area (Å²) >= 11 is 0. The summed E-state index contributed by atoms with van der Waals surface area (Å²) in [6.07, 6.45) is 2.16. The van der Waals surface area contributed by atoms with E-state index >= 15 is 0 Å². The van der Waals surface area contributed by atoms with E-state index in [1.54, 1.807) is 0 Å². The van der Waals surface area contributed by atoms with Gasteiger partial charge >= 0.3 is 6.09 Å². The second-order valence-electron chi connectivity index (χ2n) is 5.49. The molecule has 3 rings (SSSR count). The molecule has 3 heteroatoms. The average Bonchev–Trinajstić information content (AvgIpc) is 2.68. The molecule has 2 bridgehead atoms. The van der Waals surface area contributed by atoms with Crippen LogP contribution in [0, 0.1) is 11.8 Å². The summed E-state index contributed by atoms with van der Waals surface area (Å²) in [5.41, 5.74) is 2.37. The summed E-state index contributed by atoms with van der Waals surface area (Å²) in [4.78, 5) is 13.9. The number of benzene rings is 1. The minimum atomic E-state index is -0.187. The monoisotopic (exact) mass is 257 g/mol. The lowest BCUT2D eigenvalue weighted by molar-refractivity contribution is 0.0856. The number of amides is 1. The predicted octanol–water partition coefficient (Wildman–Crippen LogP) is 3.22. The molecule has 2 atom stereocenters. The Labute approximate surface area is 113 Å². The van der Waals surface area contributed by atoms with Crippen LogP contribution in [0.2, 0.25) is 0 Å². The van der Waals surface area contributed by atoms with Crippen molar-refractivity contribution >= 4 is 6.09 Å². The third-order valence-electron chi connectivity index (χ3n) is 4.26. The number of likely N-dealkylation sites (tertiary alicyclic amines) is 1. The van der Waals surface area contributed by atoms with Crippen LogP contribution in [0.1, 0.15) is 18.4 Å². The quantitative estimate of drug-likeness (QED) is 0.761. The smallest absolute Gasteiger partial charge is 0.410 e. The van der Waals surface area contributed by atoms with Crippen LogP contribution in [0.3, 0.4) is 0 Å². The molecule has 1 aliphatic heterocycles. The standard InChI is InChI=1S/C16H19NO2/c1-12-14-7-8-15(12)10-17(9-14)16(18)19-11-13-5-3-2-4-6-13/h2-6,14-15H,1,7-11H2. The molecule has 2 fully saturated rings. The molecule has 1 saturated heterocycles. The van der Waals surface area contributed by atoms with Crippen LogP contribution in [0.15, 0.2) is 42.5 Å². The van der Waals surface area contributed by atoms with Gasteiger partial charge in [0.2, 0.25) is 0 Å². The van der Waals surface area contributed by atoms with Gasteiger partial charge in [0.1, 0.15) is 6.61 Å². The molecule has 1 saturated carbocycles. The number of hydrogen-bond donors (Lipinski definition) is 0. The van der Waals surface area contributed by atoms with E-state index in [1.807, 2.05) is 35.2 Å². The first-order chi connectivity index (χ1) is 9.24. The summed E-state index contributed by atoms with van der Waals surface area (Å²) in [6.45, 7) is 6.06.